The van der Waals surface area contributed by atoms with E-state index in [1.807, 2.05) is 30.5 Å². The van der Waals surface area contributed by atoms with Crippen LogP contribution in [0.1, 0.15) is 62.1 Å². The lowest BCUT2D eigenvalue weighted by molar-refractivity contribution is -0.135. The van der Waals surface area contributed by atoms with E-state index >= 15 is 0 Å². The van der Waals surface area contributed by atoms with Gasteiger partial charge in [0.25, 0.3) is 5.91 Å². The number of aromatic amines is 1. The number of rotatable bonds is 7. The zero-order valence-electron chi connectivity index (χ0n) is 21.4. The Morgan fingerprint density at radius 3 is 2.44 bits per heavy atom. The quantitative estimate of drug-likeness (QED) is 0.408. The zero-order valence-corrected chi connectivity index (χ0v) is 21.4. The van der Waals surface area contributed by atoms with Crippen molar-refractivity contribution < 1.29 is 9.59 Å². The molecule has 3 aromatic rings. The first-order valence-electron chi connectivity index (χ1n) is 13.0. The molecule has 2 saturated heterocycles. The molecule has 190 valence electrons. The number of aromatic nitrogens is 1. The van der Waals surface area contributed by atoms with Gasteiger partial charge in [0, 0.05) is 35.6 Å². The maximum absolute atomic E-state index is 13.6. The first-order valence-corrected chi connectivity index (χ1v) is 13.0. The Morgan fingerprint density at radius 1 is 1.08 bits per heavy atom. The van der Waals surface area contributed by atoms with Gasteiger partial charge in [-0.1, -0.05) is 42.5 Å². The number of hydrazine groups is 1. The molecule has 36 heavy (non-hydrogen) atoms. The molecule has 0 radical (unpaired) electrons. The second kappa shape index (κ2) is 9.71. The van der Waals surface area contributed by atoms with Gasteiger partial charge in [0.05, 0.1) is 5.54 Å². The summed E-state index contributed by atoms with van der Waals surface area (Å²) < 4.78 is 0. The lowest BCUT2D eigenvalue weighted by Crippen LogP contribution is -2.60. The minimum absolute atomic E-state index is 0.191. The van der Waals surface area contributed by atoms with Gasteiger partial charge in [0.2, 0.25) is 5.91 Å². The summed E-state index contributed by atoms with van der Waals surface area (Å²) >= 11 is 0. The van der Waals surface area contributed by atoms with Gasteiger partial charge in [-0.25, -0.2) is 5.01 Å². The van der Waals surface area contributed by atoms with E-state index in [0.717, 1.165) is 42.1 Å². The number of hydrogen-bond donors (Lipinski definition) is 4. The van der Waals surface area contributed by atoms with Crippen LogP contribution in [0.5, 0.6) is 0 Å². The van der Waals surface area contributed by atoms with Crippen molar-refractivity contribution in [2.24, 2.45) is 5.73 Å². The monoisotopic (exact) mass is 487 g/mol. The normalized spacial score (nSPS) is 22.9. The third kappa shape index (κ3) is 4.90. The van der Waals surface area contributed by atoms with Crippen LogP contribution in [0.25, 0.3) is 10.9 Å². The van der Waals surface area contributed by atoms with Gasteiger partial charge in [-0.15, -0.1) is 0 Å². The number of hydrogen-bond acceptors (Lipinski definition) is 4. The Labute approximate surface area is 212 Å². The fraction of sp³-hybridized carbons (Fsp3) is 0.448. The molecule has 2 aliphatic rings. The van der Waals surface area contributed by atoms with Gasteiger partial charge >= 0.3 is 0 Å². The van der Waals surface area contributed by atoms with Gasteiger partial charge in [-0.3, -0.25) is 15.0 Å². The highest BCUT2D eigenvalue weighted by Gasteiger charge is 2.43. The topological polar surface area (TPSA) is 103 Å². The summed E-state index contributed by atoms with van der Waals surface area (Å²) in [6.45, 7) is 5.49. The minimum atomic E-state index is -1.08. The maximum Gasteiger partial charge on any atom is 0.257 e. The van der Waals surface area contributed by atoms with E-state index in [1.165, 1.54) is 11.1 Å². The first-order chi connectivity index (χ1) is 17.2. The molecule has 2 amide bonds. The van der Waals surface area contributed by atoms with Crippen LogP contribution in [-0.4, -0.2) is 45.5 Å². The Hall–Kier alpha value is -3.16. The van der Waals surface area contributed by atoms with E-state index in [-0.39, 0.29) is 11.8 Å². The van der Waals surface area contributed by atoms with Crippen LogP contribution in [-0.2, 0) is 16.0 Å². The van der Waals surface area contributed by atoms with E-state index < -0.39 is 11.6 Å². The second-order valence-electron chi connectivity index (χ2n) is 11.1. The summed E-state index contributed by atoms with van der Waals surface area (Å²) in [5.41, 5.74) is 12.9. The number of carbonyl (C=O) groups excluding carboxylic acids is 2. The highest BCUT2D eigenvalue weighted by molar-refractivity contribution is 5.92. The third-order valence-corrected chi connectivity index (χ3v) is 7.91. The number of para-hydroxylation sites is 1. The molecule has 2 aromatic carbocycles. The van der Waals surface area contributed by atoms with Crippen LogP contribution < -0.4 is 16.5 Å². The standard InChI is InChI=1S/C29H37N5O2/c1-18-8-4-5-9-23(18)19-14-21-12-13-22(15-19)34(21)33-27(35)26(32-28(36)29(2,3)30)16-20-17-31-25-11-7-6-10-24(20)25/h4-11,17,19,21-22,26,31H,12-16,30H2,1-3H3,(H,32,36)(H,33,35). The fourth-order valence-electron chi connectivity index (χ4n) is 5.94. The van der Waals surface area contributed by atoms with Crippen LogP contribution in [0.15, 0.2) is 54.7 Å². The van der Waals surface area contributed by atoms with E-state index in [4.69, 9.17) is 5.73 Å². The summed E-state index contributed by atoms with van der Waals surface area (Å²) in [7, 11) is 0. The Morgan fingerprint density at radius 2 is 1.75 bits per heavy atom. The Bertz CT molecular complexity index is 1250. The number of piperidine rings is 1. The number of amides is 2. The lowest BCUT2D eigenvalue weighted by atomic mass is 9.84. The van der Waals surface area contributed by atoms with Gasteiger partial charge < -0.3 is 16.0 Å². The van der Waals surface area contributed by atoms with Crippen molar-refractivity contribution >= 4 is 22.7 Å². The largest absolute Gasteiger partial charge is 0.361 e. The van der Waals surface area contributed by atoms with Crippen molar-refractivity contribution in [1.29, 1.82) is 0 Å². The van der Waals surface area contributed by atoms with E-state index in [9.17, 15) is 9.59 Å². The van der Waals surface area contributed by atoms with Gasteiger partial charge in [0.1, 0.15) is 6.04 Å². The molecular weight excluding hydrogens is 450 g/mol. The molecule has 3 unspecified atom stereocenters. The molecule has 2 fully saturated rings. The smallest absolute Gasteiger partial charge is 0.257 e. The van der Waals surface area contributed by atoms with Crippen LogP contribution in [0.2, 0.25) is 0 Å². The summed E-state index contributed by atoms with van der Waals surface area (Å²) in [6.07, 6.45) is 6.49. The summed E-state index contributed by atoms with van der Waals surface area (Å²) in [5, 5.41) is 6.14. The molecule has 3 heterocycles. The number of nitrogens with zero attached hydrogens (tertiary/aromatic N) is 1. The second-order valence-corrected chi connectivity index (χ2v) is 11.1. The first kappa shape index (κ1) is 24.5. The van der Waals surface area contributed by atoms with Crippen molar-refractivity contribution in [3.05, 3.63) is 71.4 Å². The molecule has 0 aliphatic carbocycles. The highest BCUT2D eigenvalue weighted by atomic mass is 16.2. The van der Waals surface area contributed by atoms with Crippen LogP contribution in [0.4, 0.5) is 0 Å². The predicted octanol–water partition coefficient (Wildman–Crippen LogP) is 3.68. The zero-order chi connectivity index (χ0) is 25.4. The molecule has 7 nitrogen and oxygen atoms in total. The molecular formula is C29H37N5O2. The van der Waals surface area contributed by atoms with Gasteiger partial charge in [0.15, 0.2) is 0 Å². The predicted molar refractivity (Wildman–Crippen MR) is 142 cm³/mol. The molecule has 1 aromatic heterocycles. The van der Waals surface area contributed by atoms with Crippen molar-refractivity contribution in [2.45, 2.75) is 82.5 Å². The van der Waals surface area contributed by atoms with E-state index in [0.29, 0.717) is 24.4 Å². The lowest BCUT2D eigenvalue weighted by Gasteiger charge is -2.40. The van der Waals surface area contributed by atoms with Gasteiger partial charge in [-0.2, -0.15) is 0 Å². The number of nitrogens with one attached hydrogen (secondary N) is 3. The van der Waals surface area contributed by atoms with Crippen LogP contribution in [0, 0.1) is 6.92 Å². The molecule has 0 saturated carbocycles. The average Bonchev–Trinajstić information content (AvgIpc) is 3.34. The highest BCUT2D eigenvalue weighted by Crippen LogP contribution is 2.42. The number of carbonyl (C=O) groups is 2. The average molecular weight is 488 g/mol. The molecule has 2 bridgehead atoms. The molecule has 3 atom stereocenters. The van der Waals surface area contributed by atoms with E-state index in [2.05, 4.69) is 51.9 Å². The van der Waals surface area contributed by atoms with Crippen molar-refractivity contribution in [2.75, 3.05) is 0 Å². The molecule has 5 N–H and O–H groups in total. The number of aryl methyl sites for hydroxylation is 1. The van der Waals surface area contributed by atoms with Crippen molar-refractivity contribution in [1.82, 2.24) is 20.7 Å². The number of fused-ring (bicyclic) bond motifs is 3. The van der Waals surface area contributed by atoms with E-state index in [1.54, 1.807) is 13.8 Å². The van der Waals surface area contributed by atoms with Crippen LogP contribution in [0.3, 0.4) is 0 Å². The number of H-pyrrole nitrogens is 1. The molecule has 7 heteroatoms. The number of nitrogens with two attached hydrogens (primary N) is 1. The molecule has 2 aliphatic heterocycles. The number of benzene rings is 2. The fourth-order valence-corrected chi connectivity index (χ4v) is 5.94. The maximum atomic E-state index is 13.6. The summed E-state index contributed by atoms with van der Waals surface area (Å²) in [5.74, 6) is -0.0236. The Kier molecular flexibility index (Phi) is 6.62. The third-order valence-electron chi connectivity index (χ3n) is 7.91. The SMILES string of the molecule is Cc1ccccc1C1CC2CCC(C1)N2NC(=O)C(Cc1c[nH]c2ccccc12)NC(=O)C(C)(C)N. The summed E-state index contributed by atoms with van der Waals surface area (Å²) in [6, 6.07) is 16.5. The summed E-state index contributed by atoms with van der Waals surface area (Å²) in [4.78, 5) is 29.7. The van der Waals surface area contributed by atoms with Crippen molar-refractivity contribution in [3.8, 4) is 0 Å². The molecule has 5 rings (SSSR count). The minimum Gasteiger partial charge on any atom is -0.361 e. The van der Waals surface area contributed by atoms with Gasteiger partial charge in [-0.05, 0) is 75.1 Å². The van der Waals surface area contributed by atoms with Crippen LogP contribution >= 0.6 is 0 Å². The molecule has 0 spiro atoms. The Balaban J connectivity index is 1.33. The van der Waals surface area contributed by atoms with Crippen molar-refractivity contribution in [3.63, 3.8) is 0 Å².